The van der Waals surface area contributed by atoms with Crippen LogP contribution < -0.4 is 0 Å². The van der Waals surface area contributed by atoms with Crippen LogP contribution in [0.25, 0.3) is 11.1 Å². The SMILES string of the molecule is S=C1C(c2ccccc2)=CC(C2C=C(c3ccccc3)C(=S)c3ccccc32)c2ccccc21. The fourth-order valence-electron chi connectivity index (χ4n) is 5.25. The molecule has 2 aliphatic carbocycles. The van der Waals surface area contributed by atoms with Gasteiger partial charge in [-0.1, -0.05) is 146 Å². The molecular formula is C32H22S2. The molecule has 0 saturated heterocycles. The molecule has 4 aromatic rings. The highest BCUT2D eigenvalue weighted by atomic mass is 32.1. The van der Waals surface area contributed by atoms with Crippen LogP contribution in [0.15, 0.2) is 121 Å². The van der Waals surface area contributed by atoms with E-state index in [4.69, 9.17) is 24.4 Å². The summed E-state index contributed by atoms with van der Waals surface area (Å²) in [7, 11) is 0. The zero-order valence-corrected chi connectivity index (χ0v) is 20.2. The summed E-state index contributed by atoms with van der Waals surface area (Å²) in [5.41, 5.74) is 9.48. The van der Waals surface area contributed by atoms with Gasteiger partial charge in [-0.25, -0.2) is 0 Å². The number of hydrogen-bond donors (Lipinski definition) is 0. The Morgan fingerprint density at radius 2 is 0.765 bits per heavy atom. The van der Waals surface area contributed by atoms with Crippen LogP contribution in [0, 0.1) is 0 Å². The monoisotopic (exact) mass is 470 g/mol. The molecule has 2 aliphatic rings. The molecule has 0 amide bonds. The smallest absolute Gasteiger partial charge is 0.0527 e. The lowest BCUT2D eigenvalue weighted by Gasteiger charge is -2.34. The summed E-state index contributed by atoms with van der Waals surface area (Å²) >= 11 is 12.0. The van der Waals surface area contributed by atoms with Crippen LogP contribution in [0.4, 0.5) is 0 Å². The Morgan fingerprint density at radius 3 is 1.18 bits per heavy atom. The molecule has 34 heavy (non-hydrogen) atoms. The van der Waals surface area contributed by atoms with Crippen molar-refractivity contribution in [1.82, 2.24) is 0 Å². The third-order valence-electron chi connectivity index (χ3n) is 6.87. The molecule has 2 heteroatoms. The van der Waals surface area contributed by atoms with E-state index in [1.807, 2.05) is 0 Å². The van der Waals surface area contributed by atoms with Crippen LogP contribution in [-0.4, -0.2) is 9.73 Å². The van der Waals surface area contributed by atoms with Gasteiger partial charge < -0.3 is 0 Å². The Labute approximate surface area is 211 Å². The number of allylic oxidation sites excluding steroid dienone is 4. The van der Waals surface area contributed by atoms with Crippen molar-refractivity contribution in [1.29, 1.82) is 0 Å². The minimum Gasteiger partial charge on any atom is -0.0788 e. The van der Waals surface area contributed by atoms with Gasteiger partial charge in [0.15, 0.2) is 0 Å². The summed E-state index contributed by atoms with van der Waals surface area (Å²) in [6.45, 7) is 0. The van der Waals surface area contributed by atoms with E-state index in [2.05, 4.69) is 121 Å². The Morgan fingerprint density at radius 1 is 0.412 bits per heavy atom. The van der Waals surface area contributed by atoms with Gasteiger partial charge in [-0.2, -0.15) is 0 Å². The predicted molar refractivity (Wildman–Crippen MR) is 151 cm³/mol. The average molecular weight is 471 g/mol. The summed E-state index contributed by atoms with van der Waals surface area (Å²) in [4.78, 5) is 1.84. The molecule has 0 nitrogen and oxygen atoms in total. The van der Waals surface area contributed by atoms with Gasteiger partial charge >= 0.3 is 0 Å². The Balaban J connectivity index is 1.59. The molecule has 0 aromatic heterocycles. The summed E-state index contributed by atoms with van der Waals surface area (Å²) in [5, 5.41) is 0. The average Bonchev–Trinajstić information content (AvgIpc) is 2.91. The van der Waals surface area contributed by atoms with E-state index >= 15 is 0 Å². The Bertz CT molecular complexity index is 1360. The molecule has 0 heterocycles. The molecule has 0 saturated carbocycles. The van der Waals surface area contributed by atoms with Crippen LogP contribution in [-0.2, 0) is 0 Å². The van der Waals surface area contributed by atoms with Crippen molar-refractivity contribution < 1.29 is 0 Å². The zero-order chi connectivity index (χ0) is 23.1. The molecular weight excluding hydrogens is 448 g/mol. The molecule has 0 spiro atoms. The number of fused-ring (bicyclic) bond motifs is 2. The predicted octanol–water partition coefficient (Wildman–Crippen LogP) is 8.18. The topological polar surface area (TPSA) is 0 Å². The molecule has 6 rings (SSSR count). The third-order valence-corrected chi connectivity index (χ3v) is 7.75. The maximum absolute atomic E-state index is 6.01. The van der Waals surface area contributed by atoms with Gasteiger partial charge in [0, 0.05) is 11.8 Å². The second-order valence-electron chi connectivity index (χ2n) is 8.78. The minimum absolute atomic E-state index is 0.154. The summed E-state index contributed by atoms with van der Waals surface area (Å²) in [6, 6.07) is 38.2. The van der Waals surface area contributed by atoms with Gasteiger partial charge in [-0.15, -0.1) is 0 Å². The highest BCUT2D eigenvalue weighted by molar-refractivity contribution is 7.82. The summed E-state index contributed by atoms with van der Waals surface area (Å²) < 4.78 is 0. The number of rotatable bonds is 3. The molecule has 0 fully saturated rings. The second kappa shape index (κ2) is 8.72. The van der Waals surface area contributed by atoms with E-state index in [1.54, 1.807) is 0 Å². The van der Waals surface area contributed by atoms with E-state index in [-0.39, 0.29) is 11.8 Å². The van der Waals surface area contributed by atoms with Crippen molar-refractivity contribution in [3.63, 3.8) is 0 Å². The molecule has 162 valence electrons. The minimum atomic E-state index is 0.154. The maximum Gasteiger partial charge on any atom is 0.0527 e. The van der Waals surface area contributed by atoms with Crippen LogP contribution in [0.3, 0.4) is 0 Å². The van der Waals surface area contributed by atoms with Crippen molar-refractivity contribution in [3.8, 4) is 0 Å². The van der Waals surface area contributed by atoms with Gasteiger partial charge in [-0.05, 0) is 44.5 Å². The quantitative estimate of drug-likeness (QED) is 0.277. The van der Waals surface area contributed by atoms with Crippen molar-refractivity contribution in [3.05, 3.63) is 155 Å². The summed E-state index contributed by atoms with van der Waals surface area (Å²) in [5.74, 6) is 0.308. The molecule has 0 bridgehead atoms. The van der Waals surface area contributed by atoms with Crippen molar-refractivity contribution >= 4 is 45.3 Å². The molecule has 4 aromatic carbocycles. The molecule has 2 atom stereocenters. The van der Waals surface area contributed by atoms with Crippen LogP contribution in [0.2, 0.25) is 0 Å². The zero-order valence-electron chi connectivity index (χ0n) is 18.5. The van der Waals surface area contributed by atoms with Crippen LogP contribution in [0.1, 0.15) is 45.2 Å². The van der Waals surface area contributed by atoms with E-state index < -0.39 is 0 Å². The third kappa shape index (κ3) is 3.51. The van der Waals surface area contributed by atoms with E-state index in [0.717, 1.165) is 32.0 Å². The first kappa shape index (κ1) is 21.1. The maximum atomic E-state index is 6.01. The van der Waals surface area contributed by atoms with Crippen LogP contribution in [0.5, 0.6) is 0 Å². The normalized spacial score (nSPS) is 19.1. The van der Waals surface area contributed by atoms with Crippen molar-refractivity contribution in [2.75, 3.05) is 0 Å². The van der Waals surface area contributed by atoms with Crippen molar-refractivity contribution in [2.24, 2.45) is 0 Å². The van der Waals surface area contributed by atoms with Gasteiger partial charge in [-0.3, -0.25) is 0 Å². The molecule has 0 radical (unpaired) electrons. The summed E-state index contributed by atoms with van der Waals surface area (Å²) in [6.07, 6.45) is 4.77. The number of thiocarbonyl (C=S) groups is 2. The first-order valence-electron chi connectivity index (χ1n) is 11.5. The van der Waals surface area contributed by atoms with E-state index in [9.17, 15) is 0 Å². The number of benzene rings is 4. The van der Waals surface area contributed by atoms with Crippen molar-refractivity contribution in [2.45, 2.75) is 11.8 Å². The highest BCUT2D eigenvalue weighted by Gasteiger charge is 2.34. The first-order chi connectivity index (χ1) is 16.7. The fourth-order valence-corrected chi connectivity index (χ4v) is 6.00. The van der Waals surface area contributed by atoms with Gasteiger partial charge in [0.2, 0.25) is 0 Å². The lowest BCUT2D eigenvalue weighted by atomic mass is 9.69. The number of hydrogen-bond acceptors (Lipinski definition) is 2. The van der Waals surface area contributed by atoms with E-state index in [0.29, 0.717) is 0 Å². The highest BCUT2D eigenvalue weighted by Crippen LogP contribution is 2.47. The second-order valence-corrected chi connectivity index (χ2v) is 9.59. The lowest BCUT2D eigenvalue weighted by Crippen LogP contribution is -2.23. The molecule has 0 aliphatic heterocycles. The molecule has 0 N–H and O–H groups in total. The Hall–Kier alpha value is -3.46. The van der Waals surface area contributed by atoms with Crippen LogP contribution >= 0.6 is 24.4 Å². The first-order valence-corrected chi connectivity index (χ1v) is 12.4. The standard InChI is InChI=1S/C32H22S2/c33-31-25-17-9-7-15-23(25)29(19-27(31)21-11-3-1-4-12-21)30-20-28(22-13-5-2-6-14-22)32(34)26-18-10-8-16-24(26)30/h1-20,29-30H. The van der Waals surface area contributed by atoms with Gasteiger partial charge in [0.1, 0.15) is 0 Å². The lowest BCUT2D eigenvalue weighted by molar-refractivity contribution is 0.734. The fraction of sp³-hybridized carbons (Fsp3) is 0.0625. The van der Waals surface area contributed by atoms with Gasteiger partial charge in [0.05, 0.1) is 9.73 Å². The largest absolute Gasteiger partial charge is 0.0788 e. The molecule has 2 unspecified atom stereocenters. The Kier molecular flexibility index (Phi) is 5.41. The van der Waals surface area contributed by atoms with Gasteiger partial charge in [0.25, 0.3) is 0 Å². The van der Waals surface area contributed by atoms with E-state index in [1.165, 1.54) is 22.3 Å².